The molecular weight excluding hydrogens is 452 g/mol. The van der Waals surface area contributed by atoms with E-state index < -0.39 is 0 Å². The maximum Gasteiger partial charge on any atom is 0.154 e. The molecule has 0 aliphatic carbocycles. The number of hydrogen-bond acceptors (Lipinski definition) is 9. The average Bonchev–Trinajstić information content (AvgIpc) is 2.85. The minimum Gasteiger partial charge on any atom is -0.390 e. The molecule has 3 aromatic heterocycles. The van der Waals surface area contributed by atoms with E-state index in [1.54, 1.807) is 12.4 Å². The van der Waals surface area contributed by atoms with Crippen LogP contribution in [0.4, 0.5) is 11.6 Å². The number of nitrogens with one attached hydrogen (secondary N) is 3. The number of aromatic nitrogens is 4. The maximum absolute atomic E-state index is 7.90. The summed E-state index contributed by atoms with van der Waals surface area (Å²) in [6.07, 6.45) is 8.38. The molecule has 3 N–H and O–H groups in total. The van der Waals surface area contributed by atoms with E-state index in [2.05, 4.69) is 58.4 Å². The molecule has 0 amide bonds. The summed E-state index contributed by atoms with van der Waals surface area (Å²) in [7, 11) is 0. The van der Waals surface area contributed by atoms with Crippen LogP contribution in [0, 0.1) is 5.41 Å². The fourth-order valence-electron chi connectivity index (χ4n) is 4.39. The van der Waals surface area contributed by atoms with Crippen molar-refractivity contribution < 1.29 is 4.74 Å². The van der Waals surface area contributed by atoms with Gasteiger partial charge in [-0.05, 0) is 56.0 Å². The Morgan fingerprint density at radius 1 is 1.14 bits per heavy atom. The lowest BCUT2D eigenvalue weighted by Crippen LogP contribution is -2.45. The molecule has 0 bridgehead atoms. The molecule has 1 aliphatic heterocycles. The van der Waals surface area contributed by atoms with Gasteiger partial charge in [-0.1, -0.05) is 13.8 Å². The van der Waals surface area contributed by atoms with Crippen LogP contribution in [0.1, 0.15) is 51.2 Å². The van der Waals surface area contributed by atoms with Crippen molar-refractivity contribution >= 4 is 34.5 Å². The molecule has 0 unspecified atom stereocenters. The largest absolute Gasteiger partial charge is 0.390 e. The first kappa shape index (κ1) is 25.7. The summed E-state index contributed by atoms with van der Waals surface area (Å²) in [6.45, 7) is 12.3. The normalized spacial score (nSPS) is 19.0. The zero-order valence-electron chi connectivity index (χ0n) is 21.5. The van der Waals surface area contributed by atoms with Crippen LogP contribution < -0.4 is 10.6 Å². The quantitative estimate of drug-likeness (QED) is 0.285. The second-order valence-corrected chi connectivity index (χ2v) is 9.68. The number of fused-ring (bicyclic) bond motifs is 1. The van der Waals surface area contributed by atoms with E-state index in [0.29, 0.717) is 17.6 Å². The highest BCUT2D eigenvalue weighted by molar-refractivity contribution is 6.08. The highest BCUT2D eigenvalue weighted by Gasteiger charge is 2.21. The molecule has 9 nitrogen and oxygen atoms in total. The Bertz CT molecular complexity index is 1200. The Labute approximate surface area is 212 Å². The van der Waals surface area contributed by atoms with Crippen molar-refractivity contribution in [1.29, 1.82) is 5.41 Å². The van der Waals surface area contributed by atoms with Crippen LogP contribution in [0.25, 0.3) is 16.6 Å². The van der Waals surface area contributed by atoms with E-state index in [9.17, 15) is 0 Å². The number of allylic oxidation sites excluding steroid dienone is 1. The Balaban J connectivity index is 1.39. The van der Waals surface area contributed by atoms with Gasteiger partial charge in [-0.3, -0.25) is 9.88 Å². The van der Waals surface area contributed by atoms with Crippen LogP contribution >= 0.6 is 0 Å². The topological polar surface area (TPSA) is 112 Å². The molecule has 1 saturated heterocycles. The van der Waals surface area contributed by atoms with Gasteiger partial charge in [0.2, 0.25) is 0 Å². The smallest absolute Gasteiger partial charge is 0.154 e. The molecular formula is C27H36N8O. The Morgan fingerprint density at radius 2 is 1.94 bits per heavy atom. The summed E-state index contributed by atoms with van der Waals surface area (Å²) in [5, 5.41) is 22.8. The third-order valence-corrected chi connectivity index (χ3v) is 6.17. The van der Waals surface area contributed by atoms with Crippen molar-refractivity contribution in [2.45, 2.75) is 52.2 Å². The number of hydrogen-bond donors (Lipinski definition) is 3. The van der Waals surface area contributed by atoms with Crippen LogP contribution in [0.15, 0.2) is 42.9 Å². The maximum atomic E-state index is 7.90. The minimum atomic E-state index is 0.286. The average molecular weight is 489 g/mol. The molecule has 4 heterocycles. The Hall–Kier alpha value is -3.43. The third kappa shape index (κ3) is 6.83. The van der Waals surface area contributed by atoms with Crippen LogP contribution in [0.2, 0.25) is 0 Å². The minimum absolute atomic E-state index is 0.286. The van der Waals surface area contributed by atoms with Gasteiger partial charge < -0.3 is 20.8 Å². The zero-order valence-corrected chi connectivity index (χ0v) is 21.5. The highest BCUT2D eigenvalue weighted by atomic mass is 16.5. The zero-order chi connectivity index (χ0) is 25.5. The highest BCUT2D eigenvalue weighted by Crippen LogP contribution is 2.21. The lowest BCUT2D eigenvalue weighted by molar-refractivity contribution is -0.0679. The molecule has 0 aromatic carbocycles. The molecule has 1 aliphatic rings. The van der Waals surface area contributed by atoms with Crippen LogP contribution in [0.5, 0.6) is 0 Å². The van der Waals surface area contributed by atoms with Gasteiger partial charge in [0.05, 0.1) is 29.4 Å². The van der Waals surface area contributed by atoms with Gasteiger partial charge in [0.25, 0.3) is 0 Å². The summed E-state index contributed by atoms with van der Waals surface area (Å²) in [5.41, 5.74) is 4.24. The number of ether oxygens (including phenoxy) is 1. The van der Waals surface area contributed by atoms with E-state index in [4.69, 9.17) is 15.1 Å². The predicted molar refractivity (Wildman–Crippen MR) is 145 cm³/mol. The number of nitrogens with zero attached hydrogens (tertiary/aromatic N) is 5. The van der Waals surface area contributed by atoms with E-state index >= 15 is 0 Å². The van der Waals surface area contributed by atoms with Crippen LogP contribution in [0.3, 0.4) is 0 Å². The SMILES string of the molecule is CC(C)c1cnnc(Nc2ccc3ncc(/C(C=N)=C/NCCCN4C[C@@H](C)O[C@@H](C)C4)cc3n2)c1. The van der Waals surface area contributed by atoms with Gasteiger partial charge in [0.15, 0.2) is 5.82 Å². The van der Waals surface area contributed by atoms with Crippen molar-refractivity contribution in [2.24, 2.45) is 0 Å². The fourth-order valence-corrected chi connectivity index (χ4v) is 4.39. The first-order valence-electron chi connectivity index (χ1n) is 12.6. The van der Waals surface area contributed by atoms with Crippen molar-refractivity contribution in [3.05, 3.63) is 54.0 Å². The lowest BCUT2D eigenvalue weighted by atomic mass is 10.1. The monoisotopic (exact) mass is 488 g/mol. The third-order valence-electron chi connectivity index (χ3n) is 6.17. The summed E-state index contributed by atoms with van der Waals surface area (Å²) in [5.74, 6) is 1.69. The number of morpholine rings is 1. The molecule has 1 fully saturated rings. The van der Waals surface area contributed by atoms with Crippen molar-refractivity contribution in [3.63, 3.8) is 0 Å². The van der Waals surface area contributed by atoms with E-state index in [1.807, 2.05) is 30.5 Å². The second kappa shape index (κ2) is 12.0. The number of anilines is 2. The summed E-state index contributed by atoms with van der Waals surface area (Å²) >= 11 is 0. The first-order valence-corrected chi connectivity index (χ1v) is 12.6. The number of pyridine rings is 2. The van der Waals surface area contributed by atoms with Gasteiger partial charge >= 0.3 is 0 Å². The van der Waals surface area contributed by atoms with Crippen molar-refractivity contribution in [3.8, 4) is 0 Å². The summed E-state index contributed by atoms with van der Waals surface area (Å²) in [4.78, 5) is 11.7. The Morgan fingerprint density at radius 3 is 2.69 bits per heavy atom. The molecule has 0 saturated carbocycles. The van der Waals surface area contributed by atoms with E-state index in [1.165, 1.54) is 6.21 Å². The summed E-state index contributed by atoms with van der Waals surface area (Å²) in [6, 6.07) is 7.75. The molecule has 3 aromatic rings. The van der Waals surface area contributed by atoms with Gasteiger partial charge in [0, 0.05) is 55.9 Å². The van der Waals surface area contributed by atoms with E-state index in [0.717, 1.165) is 60.3 Å². The van der Waals surface area contributed by atoms with E-state index in [-0.39, 0.29) is 12.2 Å². The first-order chi connectivity index (χ1) is 17.4. The van der Waals surface area contributed by atoms with Crippen LogP contribution in [-0.2, 0) is 4.74 Å². The van der Waals surface area contributed by atoms with Gasteiger partial charge in [-0.2, -0.15) is 5.10 Å². The molecule has 0 radical (unpaired) electrons. The van der Waals surface area contributed by atoms with Crippen LogP contribution in [-0.4, -0.2) is 69.7 Å². The predicted octanol–water partition coefficient (Wildman–Crippen LogP) is 4.37. The lowest BCUT2D eigenvalue weighted by Gasteiger charge is -2.35. The standard InChI is InChI=1S/C27H36N8O/c1-18(2)21-11-27(34-31-15-21)33-26-7-6-24-25(32-26)10-22(14-30-24)23(12-28)13-29-8-5-9-35-16-19(3)36-20(4)17-35/h6-7,10-15,18-20,28-29H,5,8-9,16-17H2,1-4H3,(H,32,33,34)/b23-13+,28-12?/t19-,20+. The fraction of sp³-hybridized carbons (Fsp3) is 0.444. The van der Waals surface area contributed by atoms with Crippen molar-refractivity contribution in [1.82, 2.24) is 30.4 Å². The molecule has 190 valence electrons. The molecule has 36 heavy (non-hydrogen) atoms. The van der Waals surface area contributed by atoms with Gasteiger partial charge in [0.1, 0.15) is 5.82 Å². The molecule has 0 spiro atoms. The molecule has 2 atom stereocenters. The second-order valence-electron chi connectivity index (χ2n) is 9.68. The molecule has 4 rings (SSSR count). The van der Waals surface area contributed by atoms with Gasteiger partial charge in [-0.25, -0.2) is 4.98 Å². The Kier molecular flexibility index (Phi) is 8.56. The number of rotatable bonds is 10. The molecule has 9 heteroatoms. The van der Waals surface area contributed by atoms with Gasteiger partial charge in [-0.15, -0.1) is 5.10 Å². The summed E-state index contributed by atoms with van der Waals surface area (Å²) < 4.78 is 5.81. The van der Waals surface area contributed by atoms with Crippen molar-refractivity contribution in [2.75, 3.05) is 31.5 Å².